The van der Waals surface area contributed by atoms with Crippen molar-refractivity contribution in [2.75, 3.05) is 18.5 Å². The molecule has 2 heteroatoms. The van der Waals surface area contributed by atoms with Crippen molar-refractivity contribution in [1.29, 1.82) is 0 Å². The Morgan fingerprint density at radius 3 is 2.94 bits per heavy atom. The van der Waals surface area contributed by atoms with Gasteiger partial charge in [-0.3, -0.25) is 0 Å². The van der Waals surface area contributed by atoms with E-state index in [1.165, 1.54) is 42.5 Å². The van der Waals surface area contributed by atoms with E-state index in [2.05, 4.69) is 30.4 Å². The Labute approximate surface area is 97.7 Å². The van der Waals surface area contributed by atoms with Crippen molar-refractivity contribution in [2.45, 2.75) is 32.6 Å². The Morgan fingerprint density at radius 1 is 1.31 bits per heavy atom. The molecule has 2 rings (SSSR count). The summed E-state index contributed by atoms with van der Waals surface area (Å²) in [5.74, 6) is 0.319. The van der Waals surface area contributed by atoms with Gasteiger partial charge in [-0.1, -0.05) is 19.1 Å². The fourth-order valence-electron chi connectivity index (χ4n) is 2.30. The topological polar surface area (TPSA) is 32.3 Å². The molecule has 16 heavy (non-hydrogen) atoms. The molecule has 0 heterocycles. The molecule has 0 amide bonds. The van der Waals surface area contributed by atoms with Crippen LogP contribution in [-0.4, -0.2) is 18.3 Å². The third kappa shape index (κ3) is 2.56. The molecule has 0 saturated carbocycles. The van der Waals surface area contributed by atoms with Gasteiger partial charge in [-0.25, -0.2) is 0 Å². The number of nitrogens with one attached hydrogen (secondary N) is 1. The zero-order valence-electron chi connectivity index (χ0n) is 10.00. The van der Waals surface area contributed by atoms with Crippen LogP contribution in [-0.2, 0) is 12.8 Å². The number of fused-ring (bicyclic) bond motifs is 1. The van der Waals surface area contributed by atoms with Crippen LogP contribution < -0.4 is 5.32 Å². The quantitative estimate of drug-likeness (QED) is 0.816. The second-order valence-corrected chi connectivity index (χ2v) is 4.82. The SMILES string of the molecule is CC(CO)CNc1cccc2c1CCCC2. The Kier molecular flexibility index (Phi) is 3.83. The van der Waals surface area contributed by atoms with Gasteiger partial charge in [0, 0.05) is 18.8 Å². The molecule has 2 N–H and O–H groups in total. The van der Waals surface area contributed by atoms with Crippen LogP contribution in [0.5, 0.6) is 0 Å². The number of anilines is 1. The third-order valence-corrected chi connectivity index (χ3v) is 3.35. The highest BCUT2D eigenvalue weighted by Crippen LogP contribution is 2.27. The zero-order valence-corrected chi connectivity index (χ0v) is 10.00. The van der Waals surface area contributed by atoms with Gasteiger partial charge in [0.1, 0.15) is 0 Å². The molecule has 1 aromatic rings. The average molecular weight is 219 g/mol. The lowest BCUT2D eigenvalue weighted by molar-refractivity contribution is 0.244. The molecule has 0 saturated heterocycles. The highest BCUT2D eigenvalue weighted by atomic mass is 16.3. The fourth-order valence-corrected chi connectivity index (χ4v) is 2.30. The lowest BCUT2D eigenvalue weighted by Crippen LogP contribution is -2.16. The minimum atomic E-state index is 0.252. The Bertz CT molecular complexity index is 349. The first-order chi connectivity index (χ1) is 7.81. The molecule has 88 valence electrons. The first kappa shape index (κ1) is 11.5. The Hall–Kier alpha value is -1.02. The largest absolute Gasteiger partial charge is 0.396 e. The second-order valence-electron chi connectivity index (χ2n) is 4.82. The maximum Gasteiger partial charge on any atom is 0.0473 e. The van der Waals surface area contributed by atoms with Gasteiger partial charge in [0.25, 0.3) is 0 Å². The van der Waals surface area contributed by atoms with Gasteiger partial charge in [0.15, 0.2) is 0 Å². The summed E-state index contributed by atoms with van der Waals surface area (Å²) in [6, 6.07) is 6.54. The van der Waals surface area contributed by atoms with E-state index in [1.807, 2.05) is 0 Å². The molecule has 1 unspecified atom stereocenters. The van der Waals surface area contributed by atoms with E-state index >= 15 is 0 Å². The van der Waals surface area contributed by atoms with Gasteiger partial charge in [-0.05, 0) is 48.8 Å². The van der Waals surface area contributed by atoms with Crippen molar-refractivity contribution in [3.05, 3.63) is 29.3 Å². The van der Waals surface area contributed by atoms with Crippen molar-refractivity contribution in [3.63, 3.8) is 0 Å². The number of hydrogen-bond donors (Lipinski definition) is 2. The summed E-state index contributed by atoms with van der Waals surface area (Å²) in [6.07, 6.45) is 5.05. The fraction of sp³-hybridized carbons (Fsp3) is 0.571. The van der Waals surface area contributed by atoms with Gasteiger partial charge in [-0.15, -0.1) is 0 Å². The van der Waals surface area contributed by atoms with Crippen LogP contribution in [0, 0.1) is 5.92 Å². The number of aliphatic hydroxyl groups is 1. The molecule has 2 nitrogen and oxygen atoms in total. The summed E-state index contributed by atoms with van der Waals surface area (Å²) in [6.45, 7) is 3.16. The van der Waals surface area contributed by atoms with Crippen molar-refractivity contribution in [3.8, 4) is 0 Å². The van der Waals surface area contributed by atoms with Gasteiger partial charge in [0.05, 0.1) is 0 Å². The van der Waals surface area contributed by atoms with Crippen molar-refractivity contribution in [2.24, 2.45) is 5.92 Å². The molecule has 1 aromatic carbocycles. The van der Waals surface area contributed by atoms with Crippen LogP contribution in [0.3, 0.4) is 0 Å². The van der Waals surface area contributed by atoms with Crippen LogP contribution in [0.4, 0.5) is 5.69 Å². The van der Waals surface area contributed by atoms with Gasteiger partial charge < -0.3 is 10.4 Å². The summed E-state index contributed by atoms with van der Waals surface area (Å²) in [5.41, 5.74) is 4.28. The molecule has 0 radical (unpaired) electrons. The van der Waals surface area contributed by atoms with Gasteiger partial charge in [-0.2, -0.15) is 0 Å². The standard InChI is InChI=1S/C14H21NO/c1-11(10-16)9-15-14-8-4-6-12-5-2-3-7-13(12)14/h4,6,8,11,15-16H,2-3,5,7,9-10H2,1H3. The molecule has 1 aliphatic carbocycles. The number of benzene rings is 1. The van der Waals surface area contributed by atoms with E-state index in [9.17, 15) is 0 Å². The van der Waals surface area contributed by atoms with Gasteiger partial charge in [0.2, 0.25) is 0 Å². The van der Waals surface area contributed by atoms with E-state index in [0.29, 0.717) is 5.92 Å². The maximum atomic E-state index is 9.01. The molecule has 1 aliphatic rings. The first-order valence-corrected chi connectivity index (χ1v) is 6.26. The lowest BCUT2D eigenvalue weighted by atomic mass is 9.90. The van der Waals surface area contributed by atoms with Crippen molar-refractivity contribution in [1.82, 2.24) is 0 Å². The monoisotopic (exact) mass is 219 g/mol. The molecular formula is C14H21NO. The summed E-state index contributed by atoms with van der Waals surface area (Å²) >= 11 is 0. The van der Waals surface area contributed by atoms with Crippen molar-refractivity contribution < 1.29 is 5.11 Å². The minimum absolute atomic E-state index is 0.252. The summed E-state index contributed by atoms with van der Waals surface area (Å²) in [7, 11) is 0. The van der Waals surface area contributed by atoms with Crippen LogP contribution in [0.25, 0.3) is 0 Å². The maximum absolute atomic E-state index is 9.01. The minimum Gasteiger partial charge on any atom is -0.396 e. The smallest absolute Gasteiger partial charge is 0.0473 e. The summed E-state index contributed by atoms with van der Waals surface area (Å²) < 4.78 is 0. The number of rotatable bonds is 4. The van der Waals surface area contributed by atoms with E-state index in [0.717, 1.165) is 6.54 Å². The highest BCUT2D eigenvalue weighted by Gasteiger charge is 2.12. The molecule has 0 aromatic heterocycles. The van der Waals surface area contributed by atoms with E-state index in [4.69, 9.17) is 5.11 Å². The second kappa shape index (κ2) is 5.35. The average Bonchev–Trinajstić information content (AvgIpc) is 2.35. The highest BCUT2D eigenvalue weighted by molar-refractivity contribution is 5.55. The molecule has 0 fully saturated rings. The van der Waals surface area contributed by atoms with Crippen LogP contribution in [0.1, 0.15) is 30.9 Å². The number of aryl methyl sites for hydroxylation is 1. The normalized spacial score (nSPS) is 16.6. The molecule has 1 atom stereocenters. The van der Waals surface area contributed by atoms with Crippen LogP contribution >= 0.6 is 0 Å². The van der Waals surface area contributed by atoms with Crippen molar-refractivity contribution >= 4 is 5.69 Å². The lowest BCUT2D eigenvalue weighted by Gasteiger charge is -2.21. The third-order valence-electron chi connectivity index (χ3n) is 3.35. The van der Waals surface area contributed by atoms with Crippen LogP contribution in [0.2, 0.25) is 0 Å². The first-order valence-electron chi connectivity index (χ1n) is 6.26. The number of aliphatic hydroxyl groups excluding tert-OH is 1. The van der Waals surface area contributed by atoms with Crippen LogP contribution in [0.15, 0.2) is 18.2 Å². The van der Waals surface area contributed by atoms with E-state index in [1.54, 1.807) is 0 Å². The predicted molar refractivity (Wildman–Crippen MR) is 67.8 cm³/mol. The number of hydrogen-bond acceptors (Lipinski definition) is 2. The molecule has 0 bridgehead atoms. The molecular weight excluding hydrogens is 198 g/mol. The Balaban J connectivity index is 2.08. The molecule has 0 aliphatic heterocycles. The summed E-state index contributed by atoms with van der Waals surface area (Å²) in [4.78, 5) is 0. The Morgan fingerprint density at radius 2 is 2.12 bits per heavy atom. The summed E-state index contributed by atoms with van der Waals surface area (Å²) in [5, 5.41) is 12.5. The van der Waals surface area contributed by atoms with Gasteiger partial charge >= 0.3 is 0 Å². The zero-order chi connectivity index (χ0) is 11.4. The van der Waals surface area contributed by atoms with E-state index < -0.39 is 0 Å². The van der Waals surface area contributed by atoms with E-state index in [-0.39, 0.29) is 6.61 Å². The predicted octanol–water partition coefficient (Wildman–Crippen LogP) is 2.61. The molecule has 0 spiro atoms.